The number of carbonyl (C=O) groups is 2. The van der Waals surface area contributed by atoms with Gasteiger partial charge in [-0.25, -0.2) is 0 Å². The number of rotatable bonds is 11. The fourth-order valence-electron chi connectivity index (χ4n) is 5.24. The fraction of sp³-hybridized carbons (Fsp3) is 0.467. The van der Waals surface area contributed by atoms with Crippen LogP contribution < -0.4 is 14.8 Å². The lowest BCUT2D eigenvalue weighted by molar-refractivity contribution is -0.137. The average molecular weight is 735 g/mol. The first-order valence-corrected chi connectivity index (χ1v) is 15.1. The van der Waals surface area contributed by atoms with E-state index in [1.165, 1.54) is 18.1 Å². The van der Waals surface area contributed by atoms with Gasteiger partial charge in [0, 0.05) is 37.3 Å². The van der Waals surface area contributed by atoms with Crippen LogP contribution in [-0.2, 0) is 22.3 Å². The molecular weight excluding hydrogens is 700 g/mol. The van der Waals surface area contributed by atoms with Crippen molar-refractivity contribution in [3.63, 3.8) is 0 Å². The molecule has 2 aliphatic rings. The van der Waals surface area contributed by atoms with E-state index in [4.69, 9.17) is 14.2 Å². The quantitative estimate of drug-likeness (QED) is 0.259. The van der Waals surface area contributed by atoms with Gasteiger partial charge < -0.3 is 39.7 Å². The molecule has 1 heterocycles. The van der Waals surface area contributed by atoms with Crippen LogP contribution in [0.3, 0.4) is 0 Å². The predicted octanol–water partition coefficient (Wildman–Crippen LogP) is 3.05. The summed E-state index contributed by atoms with van der Waals surface area (Å²) in [6.45, 7) is -0.1000. The van der Waals surface area contributed by atoms with E-state index in [0.717, 1.165) is 30.7 Å². The van der Waals surface area contributed by atoms with Crippen LogP contribution in [0, 0.1) is 3.57 Å². The standard InChI is InChI=1S/C30H34F3IN2O8/c1-42-25-12-17(16-38)11-22(34)27(25)44-24-14-19(28(40)35-8-9-37)13-23(26(24)39)36(15-21-3-2-10-43-21)29(41)18-4-6-20(7-5-18)30(31,32)33/h4-7,11-12,14,21,23-24,26,37-39H,2-3,8-10,13,15-16H2,1H3,(H,35,40). The minimum Gasteiger partial charge on any atom is -0.493 e. The normalized spacial score (nSPS) is 21.9. The molecule has 4 unspecified atom stereocenters. The number of nitrogens with one attached hydrogen (secondary N) is 1. The molecule has 1 aliphatic heterocycles. The lowest BCUT2D eigenvalue weighted by Crippen LogP contribution is -2.56. The van der Waals surface area contributed by atoms with Crippen molar-refractivity contribution in [1.29, 1.82) is 0 Å². The van der Waals surface area contributed by atoms with Crippen LogP contribution in [0.15, 0.2) is 48.0 Å². The van der Waals surface area contributed by atoms with Crippen LogP contribution in [0.4, 0.5) is 13.2 Å². The van der Waals surface area contributed by atoms with Crippen LogP contribution in [0.1, 0.15) is 40.7 Å². The Hall–Kier alpha value is -2.92. The average Bonchev–Trinajstić information content (AvgIpc) is 3.53. The second-order valence-corrected chi connectivity index (χ2v) is 11.6. The van der Waals surface area contributed by atoms with Gasteiger partial charge in [-0.3, -0.25) is 9.59 Å². The molecule has 0 aromatic heterocycles. The lowest BCUT2D eigenvalue weighted by atomic mass is 9.87. The van der Waals surface area contributed by atoms with Crippen LogP contribution >= 0.6 is 22.6 Å². The summed E-state index contributed by atoms with van der Waals surface area (Å²) in [6, 6.07) is 5.99. The van der Waals surface area contributed by atoms with Gasteiger partial charge in [-0.2, -0.15) is 13.2 Å². The summed E-state index contributed by atoms with van der Waals surface area (Å²) in [7, 11) is 1.41. The summed E-state index contributed by atoms with van der Waals surface area (Å²) >= 11 is 1.99. The molecule has 4 atom stereocenters. The zero-order valence-electron chi connectivity index (χ0n) is 23.8. The van der Waals surface area contributed by atoms with E-state index in [9.17, 15) is 38.1 Å². The van der Waals surface area contributed by atoms with Gasteiger partial charge in [0.05, 0.1) is 41.6 Å². The smallest absolute Gasteiger partial charge is 0.416 e. The second-order valence-electron chi connectivity index (χ2n) is 10.5. The maximum absolute atomic E-state index is 13.9. The fourth-order valence-corrected chi connectivity index (χ4v) is 6.03. The highest BCUT2D eigenvalue weighted by atomic mass is 127. The molecule has 2 aromatic rings. The van der Waals surface area contributed by atoms with E-state index >= 15 is 0 Å². The number of methoxy groups -OCH3 is 1. The molecule has 4 N–H and O–H groups in total. The first kappa shape index (κ1) is 34.0. The minimum atomic E-state index is -4.58. The van der Waals surface area contributed by atoms with Crippen molar-refractivity contribution >= 4 is 34.4 Å². The molecule has 1 saturated heterocycles. The Balaban J connectivity index is 1.73. The zero-order chi connectivity index (χ0) is 32.0. The molecule has 1 fully saturated rings. The maximum atomic E-state index is 13.9. The SMILES string of the molecule is COc1cc(CO)cc(I)c1OC1C=C(C(=O)NCCO)CC(N(CC2CCCO2)C(=O)c2ccc(C(F)(F)F)cc2)C1O. The van der Waals surface area contributed by atoms with Gasteiger partial charge in [0.1, 0.15) is 12.2 Å². The third-order valence-corrected chi connectivity index (χ3v) is 8.29. The second kappa shape index (κ2) is 14.9. The molecule has 0 spiro atoms. The molecule has 0 bridgehead atoms. The van der Waals surface area contributed by atoms with Gasteiger partial charge in [0.25, 0.3) is 5.91 Å². The third kappa shape index (κ3) is 8.02. The van der Waals surface area contributed by atoms with Gasteiger partial charge in [0.2, 0.25) is 5.91 Å². The molecule has 2 amide bonds. The molecule has 44 heavy (non-hydrogen) atoms. The van der Waals surface area contributed by atoms with Gasteiger partial charge in [-0.1, -0.05) is 0 Å². The van der Waals surface area contributed by atoms with Gasteiger partial charge in [-0.15, -0.1) is 0 Å². The number of aliphatic hydroxyl groups is 3. The molecule has 4 rings (SSSR count). The molecule has 10 nitrogen and oxygen atoms in total. The predicted molar refractivity (Wildman–Crippen MR) is 160 cm³/mol. The number of ether oxygens (including phenoxy) is 3. The van der Waals surface area contributed by atoms with Crippen molar-refractivity contribution in [3.05, 3.63) is 68.3 Å². The molecule has 14 heteroatoms. The van der Waals surface area contributed by atoms with Crippen molar-refractivity contribution in [1.82, 2.24) is 10.2 Å². The van der Waals surface area contributed by atoms with Crippen molar-refractivity contribution < 1.29 is 52.3 Å². The highest BCUT2D eigenvalue weighted by Gasteiger charge is 2.42. The minimum absolute atomic E-state index is 0.0197. The van der Waals surface area contributed by atoms with Crippen LogP contribution in [-0.4, -0.2) is 89.8 Å². The first-order valence-electron chi connectivity index (χ1n) is 14.0. The number of aliphatic hydroxyl groups excluding tert-OH is 3. The van der Waals surface area contributed by atoms with Crippen LogP contribution in [0.2, 0.25) is 0 Å². The van der Waals surface area contributed by atoms with E-state index in [1.54, 1.807) is 12.1 Å². The van der Waals surface area contributed by atoms with E-state index in [2.05, 4.69) is 5.32 Å². The van der Waals surface area contributed by atoms with Crippen LogP contribution in [0.25, 0.3) is 0 Å². The number of alkyl halides is 3. The van der Waals surface area contributed by atoms with E-state index < -0.39 is 41.8 Å². The molecular formula is C30H34F3IN2O8. The van der Waals surface area contributed by atoms with Gasteiger partial charge in [0.15, 0.2) is 11.5 Å². The van der Waals surface area contributed by atoms with E-state index in [0.29, 0.717) is 22.2 Å². The number of carbonyl (C=O) groups excluding carboxylic acids is 2. The number of benzene rings is 2. The van der Waals surface area contributed by atoms with Crippen molar-refractivity contribution in [3.8, 4) is 11.5 Å². The highest BCUT2D eigenvalue weighted by molar-refractivity contribution is 14.1. The Morgan fingerprint density at radius 3 is 2.50 bits per heavy atom. The van der Waals surface area contributed by atoms with Crippen molar-refractivity contribution in [2.24, 2.45) is 0 Å². The Kier molecular flexibility index (Phi) is 11.5. The Morgan fingerprint density at radius 2 is 1.91 bits per heavy atom. The Morgan fingerprint density at radius 1 is 1.18 bits per heavy atom. The number of nitrogens with zero attached hydrogens (tertiary/aromatic N) is 1. The summed E-state index contributed by atoms with van der Waals surface area (Å²) in [5, 5.41) is 33.1. The number of hydrogen-bond acceptors (Lipinski definition) is 8. The molecule has 2 aromatic carbocycles. The lowest BCUT2D eigenvalue weighted by Gasteiger charge is -2.41. The summed E-state index contributed by atoms with van der Waals surface area (Å²) in [5.41, 5.74) is -0.202. The maximum Gasteiger partial charge on any atom is 0.416 e. The van der Waals surface area contributed by atoms with Gasteiger partial charge in [-0.05, 0) is 83.5 Å². The van der Waals surface area contributed by atoms with Crippen molar-refractivity contribution in [2.45, 2.75) is 56.4 Å². The topological polar surface area (TPSA) is 138 Å². The molecule has 0 radical (unpaired) electrons. The monoisotopic (exact) mass is 734 g/mol. The number of amides is 2. The summed E-state index contributed by atoms with van der Waals surface area (Å²) in [4.78, 5) is 28.4. The molecule has 1 aliphatic carbocycles. The van der Waals surface area contributed by atoms with E-state index in [1.807, 2.05) is 22.6 Å². The number of halogens is 4. The van der Waals surface area contributed by atoms with E-state index in [-0.39, 0.29) is 61.5 Å². The summed E-state index contributed by atoms with van der Waals surface area (Å²) < 4.78 is 57.6. The van der Waals surface area contributed by atoms with Gasteiger partial charge >= 0.3 is 6.18 Å². The number of hydrogen-bond donors (Lipinski definition) is 4. The third-order valence-electron chi connectivity index (χ3n) is 7.48. The van der Waals surface area contributed by atoms with Crippen LogP contribution in [0.5, 0.6) is 11.5 Å². The molecule has 0 saturated carbocycles. The Bertz CT molecular complexity index is 1350. The summed E-state index contributed by atoms with van der Waals surface area (Å²) in [6.07, 6.45) is -4.80. The summed E-state index contributed by atoms with van der Waals surface area (Å²) in [5.74, 6) is -0.678. The first-order chi connectivity index (χ1) is 21.0. The van der Waals surface area contributed by atoms with Crippen molar-refractivity contribution in [2.75, 3.05) is 33.4 Å². The largest absolute Gasteiger partial charge is 0.493 e. The highest BCUT2D eigenvalue weighted by Crippen LogP contribution is 2.38. The Labute approximate surface area is 265 Å². The molecule has 240 valence electrons. The zero-order valence-corrected chi connectivity index (χ0v) is 26.0.